The minimum Gasteiger partial charge on any atom is -0.497 e. The van der Waals surface area contributed by atoms with Crippen LogP contribution in [-0.2, 0) is 13.1 Å². The second kappa shape index (κ2) is 12.1. The first kappa shape index (κ1) is 26.4. The van der Waals surface area contributed by atoms with Gasteiger partial charge in [-0.3, -0.25) is 15.0 Å². The Morgan fingerprint density at radius 2 is 1.21 bits per heavy atom. The van der Waals surface area contributed by atoms with Crippen molar-refractivity contribution < 1.29 is 14.4 Å². The van der Waals surface area contributed by atoms with Crippen molar-refractivity contribution in [1.82, 2.24) is 10.2 Å². The number of nitrogens with one attached hydrogen (secondary N) is 1. The van der Waals surface area contributed by atoms with Crippen molar-refractivity contribution in [3.63, 3.8) is 0 Å². The number of hydrogen-bond acceptors (Lipinski definition) is 6. The predicted molar refractivity (Wildman–Crippen MR) is 151 cm³/mol. The molecule has 39 heavy (non-hydrogen) atoms. The molecule has 1 aliphatic rings. The first-order chi connectivity index (χ1) is 19.1. The van der Waals surface area contributed by atoms with Crippen molar-refractivity contribution in [2.75, 3.05) is 14.2 Å². The lowest BCUT2D eigenvalue weighted by molar-refractivity contribution is -0.529. The molecule has 1 fully saturated rings. The molecule has 7 heteroatoms. The van der Waals surface area contributed by atoms with Crippen molar-refractivity contribution >= 4 is 0 Å². The summed E-state index contributed by atoms with van der Waals surface area (Å²) in [6.45, 7) is 1.08. The van der Waals surface area contributed by atoms with Crippen LogP contribution in [0, 0.1) is 10.1 Å². The molecule has 4 atom stereocenters. The van der Waals surface area contributed by atoms with E-state index in [0.717, 1.165) is 33.8 Å². The van der Waals surface area contributed by atoms with Crippen LogP contribution in [-0.4, -0.2) is 36.1 Å². The fraction of sp³-hybridized carbons (Fsp3) is 0.250. The van der Waals surface area contributed by atoms with Gasteiger partial charge in [-0.2, -0.15) is 0 Å². The molecular formula is C32H33N3O4. The van der Waals surface area contributed by atoms with E-state index in [-0.39, 0.29) is 11.0 Å². The van der Waals surface area contributed by atoms with E-state index in [9.17, 15) is 10.1 Å². The summed E-state index contributed by atoms with van der Waals surface area (Å²) in [5.74, 6) is 1.46. The molecule has 4 aromatic rings. The zero-order chi connectivity index (χ0) is 27.2. The fourth-order valence-corrected chi connectivity index (χ4v) is 5.65. The number of hydrogen-bond donors (Lipinski definition) is 1. The molecule has 0 spiro atoms. The summed E-state index contributed by atoms with van der Waals surface area (Å²) < 4.78 is 10.8. The maximum absolute atomic E-state index is 12.9. The first-order valence-electron chi connectivity index (χ1n) is 13.1. The molecule has 7 nitrogen and oxygen atoms in total. The number of nitrogens with zero attached hydrogens (tertiary/aromatic N) is 2. The van der Waals surface area contributed by atoms with Crippen LogP contribution >= 0.6 is 0 Å². The minimum atomic E-state index is -0.891. The average molecular weight is 524 g/mol. The number of likely N-dealkylation sites (tertiary alicyclic amines) is 1. The van der Waals surface area contributed by atoms with Gasteiger partial charge in [0.1, 0.15) is 17.5 Å². The highest BCUT2D eigenvalue weighted by Crippen LogP contribution is 2.47. The third kappa shape index (κ3) is 5.79. The second-order valence-electron chi connectivity index (χ2n) is 9.76. The van der Waals surface area contributed by atoms with Gasteiger partial charge in [0.25, 0.3) is 0 Å². The van der Waals surface area contributed by atoms with E-state index in [0.29, 0.717) is 13.1 Å². The van der Waals surface area contributed by atoms with Crippen LogP contribution in [0.4, 0.5) is 0 Å². The highest BCUT2D eigenvalue weighted by atomic mass is 16.6. The quantitative estimate of drug-likeness (QED) is 0.209. The fourth-order valence-electron chi connectivity index (χ4n) is 5.65. The van der Waals surface area contributed by atoms with Crippen LogP contribution < -0.4 is 14.8 Å². The average Bonchev–Trinajstić information content (AvgIpc) is 3.31. The molecule has 0 bridgehead atoms. The monoisotopic (exact) mass is 523 g/mol. The Hall–Kier alpha value is -4.20. The summed E-state index contributed by atoms with van der Waals surface area (Å²) >= 11 is 0. The highest BCUT2D eigenvalue weighted by Gasteiger charge is 2.56. The van der Waals surface area contributed by atoms with Crippen LogP contribution in [0.2, 0.25) is 0 Å². The SMILES string of the molecule is COc1ccc([C@@H]2[C@@H](NCc3ccccc3)[C@H]([N+](=O)[O-])[C@@H](c3ccc(OC)cc3)N2Cc2ccccc2)cc1. The molecule has 0 aliphatic carbocycles. The molecule has 0 unspecified atom stereocenters. The van der Waals surface area contributed by atoms with Gasteiger partial charge in [0.2, 0.25) is 6.04 Å². The first-order valence-corrected chi connectivity index (χ1v) is 13.1. The topological polar surface area (TPSA) is 76.9 Å². The smallest absolute Gasteiger partial charge is 0.249 e. The minimum absolute atomic E-state index is 0.112. The van der Waals surface area contributed by atoms with E-state index in [4.69, 9.17) is 9.47 Å². The van der Waals surface area contributed by atoms with Crippen LogP contribution in [0.15, 0.2) is 109 Å². The summed E-state index contributed by atoms with van der Waals surface area (Å²) in [6.07, 6.45) is 0. The molecule has 0 saturated carbocycles. The Bertz CT molecular complexity index is 1350. The van der Waals surface area contributed by atoms with Gasteiger partial charge in [0.15, 0.2) is 0 Å². The molecule has 1 saturated heterocycles. The van der Waals surface area contributed by atoms with Gasteiger partial charge in [-0.1, -0.05) is 84.9 Å². The van der Waals surface area contributed by atoms with Crippen LogP contribution in [0.3, 0.4) is 0 Å². The number of methoxy groups -OCH3 is 2. The van der Waals surface area contributed by atoms with E-state index in [1.807, 2.05) is 97.1 Å². The molecule has 0 aromatic heterocycles. The molecule has 4 aromatic carbocycles. The van der Waals surface area contributed by atoms with Gasteiger partial charge >= 0.3 is 0 Å². The van der Waals surface area contributed by atoms with Crippen LogP contribution in [0.25, 0.3) is 0 Å². The summed E-state index contributed by atoms with van der Waals surface area (Å²) in [6, 6.07) is 33.6. The summed E-state index contributed by atoms with van der Waals surface area (Å²) in [5, 5.41) is 16.5. The molecule has 0 amide bonds. The molecule has 200 valence electrons. The van der Waals surface area contributed by atoms with Crippen molar-refractivity contribution in [1.29, 1.82) is 0 Å². The Labute approximate surface area is 229 Å². The molecule has 1 aliphatic heterocycles. The van der Waals surface area contributed by atoms with E-state index in [1.54, 1.807) is 14.2 Å². The number of nitro groups is 1. The second-order valence-corrected chi connectivity index (χ2v) is 9.76. The lowest BCUT2D eigenvalue weighted by Crippen LogP contribution is -2.44. The Kier molecular flexibility index (Phi) is 8.20. The van der Waals surface area contributed by atoms with Gasteiger partial charge in [-0.05, 0) is 46.5 Å². The summed E-state index contributed by atoms with van der Waals surface area (Å²) in [5.41, 5.74) is 4.06. The highest BCUT2D eigenvalue weighted by molar-refractivity contribution is 5.36. The van der Waals surface area contributed by atoms with Crippen molar-refractivity contribution in [2.24, 2.45) is 0 Å². The maximum Gasteiger partial charge on any atom is 0.249 e. The van der Waals surface area contributed by atoms with Crippen LogP contribution in [0.1, 0.15) is 34.3 Å². The van der Waals surface area contributed by atoms with E-state index >= 15 is 0 Å². The van der Waals surface area contributed by atoms with Crippen molar-refractivity contribution in [3.8, 4) is 11.5 Å². The molecule has 1 heterocycles. The molecule has 0 radical (unpaired) electrons. The Morgan fingerprint density at radius 3 is 1.69 bits per heavy atom. The zero-order valence-corrected chi connectivity index (χ0v) is 22.1. The van der Waals surface area contributed by atoms with Crippen molar-refractivity contribution in [2.45, 2.75) is 37.3 Å². The number of ether oxygens (including phenoxy) is 2. The molecular weight excluding hydrogens is 490 g/mol. The lowest BCUT2D eigenvalue weighted by Gasteiger charge is -2.31. The maximum atomic E-state index is 12.9. The van der Waals surface area contributed by atoms with Gasteiger partial charge in [-0.15, -0.1) is 0 Å². The Morgan fingerprint density at radius 1 is 0.718 bits per heavy atom. The third-order valence-electron chi connectivity index (χ3n) is 7.50. The van der Waals surface area contributed by atoms with E-state index < -0.39 is 18.1 Å². The number of rotatable bonds is 10. The molecule has 5 rings (SSSR count). The molecule has 1 N–H and O–H groups in total. The standard InChI is InChI=1S/C32H33N3O4/c1-38-27-17-13-25(14-18-27)30-29(33-21-23-9-5-3-6-10-23)32(35(36)37)31(26-15-19-28(39-2)20-16-26)34(30)22-24-11-7-4-8-12-24/h3-20,29-33H,21-22H2,1-2H3/t29-,30-,31-,32+/m1/s1. The third-order valence-corrected chi connectivity index (χ3v) is 7.50. The predicted octanol–water partition coefficient (Wildman–Crippen LogP) is 5.81. The Balaban J connectivity index is 1.63. The van der Waals surface area contributed by atoms with Gasteiger partial charge in [0, 0.05) is 18.0 Å². The zero-order valence-electron chi connectivity index (χ0n) is 22.1. The normalized spacial score (nSPS) is 21.0. The lowest BCUT2D eigenvalue weighted by atomic mass is 9.94. The van der Waals surface area contributed by atoms with Gasteiger partial charge < -0.3 is 14.8 Å². The van der Waals surface area contributed by atoms with E-state index in [1.165, 1.54) is 0 Å². The number of benzene rings is 4. The van der Waals surface area contributed by atoms with Crippen molar-refractivity contribution in [3.05, 3.63) is 142 Å². The van der Waals surface area contributed by atoms with E-state index in [2.05, 4.69) is 22.3 Å². The van der Waals surface area contributed by atoms with Crippen LogP contribution in [0.5, 0.6) is 11.5 Å². The summed E-state index contributed by atoms with van der Waals surface area (Å²) in [7, 11) is 3.26. The largest absolute Gasteiger partial charge is 0.497 e. The summed E-state index contributed by atoms with van der Waals surface area (Å²) in [4.78, 5) is 15.1. The van der Waals surface area contributed by atoms with Gasteiger partial charge in [-0.25, -0.2) is 0 Å². The van der Waals surface area contributed by atoms with Gasteiger partial charge in [0.05, 0.1) is 26.3 Å².